The molecule has 6 nitrogen and oxygen atoms in total. The molecule has 1 atom stereocenters. The van der Waals surface area contributed by atoms with Gasteiger partial charge in [-0.1, -0.05) is 6.07 Å². The summed E-state index contributed by atoms with van der Waals surface area (Å²) in [6, 6.07) is 16.2. The predicted molar refractivity (Wildman–Crippen MR) is 122 cm³/mol. The Morgan fingerprint density at radius 3 is 2.81 bits per heavy atom. The summed E-state index contributed by atoms with van der Waals surface area (Å²) in [7, 11) is 1.61. The van der Waals surface area contributed by atoms with Gasteiger partial charge >= 0.3 is 0 Å². The molecule has 1 aliphatic carbocycles. The highest BCUT2D eigenvalue weighted by Gasteiger charge is 2.23. The van der Waals surface area contributed by atoms with Crippen LogP contribution in [0.4, 0.5) is 0 Å². The third-order valence-electron chi connectivity index (χ3n) is 6.03. The Morgan fingerprint density at radius 2 is 2.00 bits per heavy atom. The van der Waals surface area contributed by atoms with E-state index in [9.17, 15) is 5.26 Å². The lowest BCUT2D eigenvalue weighted by Gasteiger charge is -2.27. The minimum atomic E-state index is -0.0257. The molecule has 0 saturated heterocycles. The van der Waals surface area contributed by atoms with Gasteiger partial charge in [-0.3, -0.25) is 0 Å². The summed E-state index contributed by atoms with van der Waals surface area (Å²) in [6.07, 6.45) is 4.83. The average molecular weight is 425 g/mol. The molecule has 0 saturated carbocycles. The highest BCUT2D eigenvalue weighted by atomic mass is 16.5. The number of hydrogen-bond donors (Lipinski definition) is 0. The lowest BCUT2D eigenvalue weighted by atomic mass is 9.88. The van der Waals surface area contributed by atoms with E-state index >= 15 is 0 Å². The van der Waals surface area contributed by atoms with Gasteiger partial charge in [0.05, 0.1) is 36.1 Å². The Hall–Kier alpha value is -3.85. The topological polar surface area (TPSA) is 73.0 Å². The van der Waals surface area contributed by atoms with Crippen molar-refractivity contribution in [2.75, 3.05) is 7.11 Å². The van der Waals surface area contributed by atoms with Crippen LogP contribution in [0.25, 0.3) is 16.6 Å². The first-order valence-electron chi connectivity index (χ1n) is 10.8. The van der Waals surface area contributed by atoms with Gasteiger partial charge in [0.1, 0.15) is 11.9 Å². The number of aryl methyl sites for hydroxylation is 3. The molecule has 2 heterocycles. The zero-order valence-electron chi connectivity index (χ0n) is 18.4. The van der Waals surface area contributed by atoms with Crippen molar-refractivity contribution in [1.29, 1.82) is 5.26 Å². The maximum absolute atomic E-state index is 9.23. The van der Waals surface area contributed by atoms with E-state index in [1.165, 1.54) is 11.1 Å². The highest BCUT2D eigenvalue weighted by Crippen LogP contribution is 2.37. The Balaban J connectivity index is 1.54. The molecule has 32 heavy (non-hydrogen) atoms. The number of benzene rings is 2. The Morgan fingerprint density at radius 1 is 1.12 bits per heavy atom. The number of pyridine rings is 1. The Bertz CT molecular complexity index is 1370. The third kappa shape index (κ3) is 3.56. The number of methoxy groups -OCH3 is 1. The fraction of sp³-hybridized carbons (Fsp3) is 0.269. The molecule has 1 unspecified atom stereocenters. The second kappa shape index (κ2) is 8.01. The van der Waals surface area contributed by atoms with E-state index in [2.05, 4.69) is 35.2 Å². The van der Waals surface area contributed by atoms with Crippen LogP contribution in [0.3, 0.4) is 0 Å². The average Bonchev–Trinajstić information content (AvgIpc) is 3.21. The second-order valence-corrected chi connectivity index (χ2v) is 8.27. The van der Waals surface area contributed by atoms with E-state index in [0.29, 0.717) is 11.4 Å². The van der Waals surface area contributed by atoms with Gasteiger partial charge in [0.25, 0.3) is 0 Å². The molecule has 5 rings (SSSR count). The second-order valence-electron chi connectivity index (χ2n) is 8.27. The van der Waals surface area contributed by atoms with Crippen molar-refractivity contribution in [3.8, 4) is 23.4 Å². The van der Waals surface area contributed by atoms with Gasteiger partial charge in [-0.2, -0.15) is 10.4 Å². The van der Waals surface area contributed by atoms with Gasteiger partial charge in [0.15, 0.2) is 0 Å². The molecule has 0 amide bonds. The van der Waals surface area contributed by atoms with Crippen molar-refractivity contribution >= 4 is 10.9 Å². The molecule has 2 aromatic heterocycles. The third-order valence-corrected chi connectivity index (χ3v) is 6.03. The zero-order valence-corrected chi connectivity index (χ0v) is 18.4. The molecule has 160 valence electrons. The van der Waals surface area contributed by atoms with E-state index < -0.39 is 0 Å². The van der Waals surface area contributed by atoms with E-state index in [1.807, 2.05) is 48.1 Å². The first-order valence-corrected chi connectivity index (χ1v) is 10.8. The van der Waals surface area contributed by atoms with Crippen molar-refractivity contribution < 1.29 is 9.47 Å². The van der Waals surface area contributed by atoms with Gasteiger partial charge < -0.3 is 9.47 Å². The van der Waals surface area contributed by atoms with Crippen molar-refractivity contribution in [2.24, 2.45) is 0 Å². The number of aromatic nitrogens is 3. The van der Waals surface area contributed by atoms with Crippen LogP contribution in [0.2, 0.25) is 0 Å². The van der Waals surface area contributed by atoms with E-state index in [0.717, 1.165) is 52.9 Å². The molecule has 0 N–H and O–H groups in total. The zero-order chi connectivity index (χ0) is 22.2. The fourth-order valence-electron chi connectivity index (χ4n) is 4.46. The summed E-state index contributed by atoms with van der Waals surface area (Å²) in [6.45, 7) is 4.00. The number of rotatable bonds is 4. The maximum Gasteiger partial charge on any atom is 0.215 e. The minimum absolute atomic E-state index is 0.0257. The van der Waals surface area contributed by atoms with E-state index in [-0.39, 0.29) is 6.10 Å². The van der Waals surface area contributed by atoms with Gasteiger partial charge in [0, 0.05) is 23.2 Å². The van der Waals surface area contributed by atoms with Crippen molar-refractivity contribution in [1.82, 2.24) is 14.8 Å². The number of ether oxygens (including phenoxy) is 2. The smallest absolute Gasteiger partial charge is 0.215 e. The number of nitriles is 1. The molecular formula is C26H24N4O2. The monoisotopic (exact) mass is 424 g/mol. The summed E-state index contributed by atoms with van der Waals surface area (Å²) < 4.78 is 13.8. The fourth-order valence-corrected chi connectivity index (χ4v) is 4.46. The summed E-state index contributed by atoms with van der Waals surface area (Å²) in [5, 5.41) is 14.9. The lowest BCUT2D eigenvalue weighted by molar-refractivity contribution is 0.182. The van der Waals surface area contributed by atoms with Crippen molar-refractivity contribution in [3.63, 3.8) is 0 Å². The molecule has 0 bridgehead atoms. The Labute approximate surface area is 187 Å². The van der Waals surface area contributed by atoms with Gasteiger partial charge in [-0.05, 0) is 74.1 Å². The molecule has 2 aromatic carbocycles. The molecule has 6 heteroatoms. The SMILES string of the molecule is COc1cc(-n2ncc3cc(C)c(OC4CCCc5cc(C#N)ccc54)cc32)cc(C)n1. The van der Waals surface area contributed by atoms with E-state index in [4.69, 9.17) is 9.47 Å². The highest BCUT2D eigenvalue weighted by molar-refractivity contribution is 5.83. The lowest BCUT2D eigenvalue weighted by Crippen LogP contribution is -2.16. The molecule has 4 aromatic rings. The molecule has 1 aliphatic rings. The van der Waals surface area contributed by atoms with Gasteiger partial charge in [-0.25, -0.2) is 9.67 Å². The minimum Gasteiger partial charge on any atom is -0.485 e. The molecule has 0 spiro atoms. The van der Waals surface area contributed by atoms with Crippen molar-refractivity contribution in [2.45, 2.75) is 39.2 Å². The van der Waals surface area contributed by atoms with Crippen LogP contribution in [-0.2, 0) is 6.42 Å². The Kier molecular flexibility index (Phi) is 5.02. The number of hydrogen-bond acceptors (Lipinski definition) is 5. The summed E-state index contributed by atoms with van der Waals surface area (Å²) in [5.41, 5.74) is 6.89. The number of fused-ring (bicyclic) bond motifs is 2. The van der Waals surface area contributed by atoms with Gasteiger partial charge in [-0.15, -0.1) is 0 Å². The van der Waals surface area contributed by atoms with E-state index in [1.54, 1.807) is 7.11 Å². The molecule has 0 aliphatic heterocycles. The number of nitrogens with zero attached hydrogens (tertiary/aromatic N) is 4. The van der Waals surface area contributed by atoms with Crippen LogP contribution in [0.1, 0.15) is 46.9 Å². The largest absolute Gasteiger partial charge is 0.485 e. The summed E-state index contributed by atoms with van der Waals surface area (Å²) in [5.74, 6) is 1.40. The molecule has 0 radical (unpaired) electrons. The summed E-state index contributed by atoms with van der Waals surface area (Å²) in [4.78, 5) is 4.38. The van der Waals surface area contributed by atoms with Crippen LogP contribution >= 0.6 is 0 Å². The van der Waals surface area contributed by atoms with Crippen LogP contribution in [-0.4, -0.2) is 21.9 Å². The van der Waals surface area contributed by atoms with Crippen LogP contribution in [0, 0.1) is 25.2 Å². The van der Waals surface area contributed by atoms with Crippen LogP contribution in [0.15, 0.2) is 48.7 Å². The predicted octanol–water partition coefficient (Wildman–Crippen LogP) is 5.37. The first-order chi connectivity index (χ1) is 15.6. The molecular weight excluding hydrogens is 400 g/mol. The van der Waals surface area contributed by atoms with Crippen LogP contribution < -0.4 is 9.47 Å². The summed E-state index contributed by atoms with van der Waals surface area (Å²) >= 11 is 0. The molecule has 0 fully saturated rings. The standard InChI is InChI=1S/C26H24N4O2/c1-16-9-20-15-28-30(21-10-17(2)29-26(12-21)31-3)23(20)13-25(16)32-24-6-4-5-19-11-18(14-27)7-8-22(19)24/h7-13,15,24H,4-6H2,1-3H3. The van der Waals surface area contributed by atoms with Crippen LogP contribution in [0.5, 0.6) is 11.6 Å². The van der Waals surface area contributed by atoms with Gasteiger partial charge in [0.2, 0.25) is 5.88 Å². The first kappa shape index (κ1) is 20.1. The normalized spacial score (nSPS) is 15.2. The maximum atomic E-state index is 9.23. The quantitative estimate of drug-likeness (QED) is 0.440. The van der Waals surface area contributed by atoms with Crippen molar-refractivity contribution in [3.05, 3.63) is 76.6 Å².